The number of ether oxygens (including phenoxy) is 2. The highest BCUT2D eigenvalue weighted by Crippen LogP contribution is 2.39. The van der Waals surface area contributed by atoms with Crippen molar-refractivity contribution in [2.75, 3.05) is 7.11 Å². The summed E-state index contributed by atoms with van der Waals surface area (Å²) in [6.07, 6.45) is 13.5. The molecule has 0 spiro atoms. The maximum atomic E-state index is 11.9. The molecule has 0 aliphatic heterocycles. The second kappa shape index (κ2) is 17.3. The number of carbonyl (C=O) groups excluding carboxylic acids is 1. The minimum Gasteiger partial charge on any atom is -0.493 e. The van der Waals surface area contributed by atoms with E-state index in [0.717, 1.165) is 59.8 Å². The lowest BCUT2D eigenvalue weighted by molar-refractivity contribution is 0.0701. The van der Waals surface area contributed by atoms with Gasteiger partial charge in [-0.2, -0.15) is 0 Å². The average molecular weight is 604 g/mol. The molecule has 0 amide bonds. The number of hydrogen-bond acceptors (Lipinski definition) is 6. The highest BCUT2D eigenvalue weighted by atomic mass is 32.1. The number of thiophene rings is 1. The van der Waals surface area contributed by atoms with Gasteiger partial charge < -0.3 is 14.6 Å². The predicted molar refractivity (Wildman–Crippen MR) is 178 cm³/mol. The van der Waals surface area contributed by atoms with Crippen molar-refractivity contribution in [3.8, 4) is 24.3 Å². The summed E-state index contributed by atoms with van der Waals surface area (Å²) in [6, 6.07) is 14.6. The van der Waals surface area contributed by atoms with Crippen molar-refractivity contribution in [2.24, 2.45) is 16.8 Å². The van der Waals surface area contributed by atoms with E-state index in [4.69, 9.17) is 14.5 Å². The zero-order valence-electron chi connectivity index (χ0n) is 26.5. The van der Waals surface area contributed by atoms with E-state index in [1.54, 1.807) is 14.0 Å². The van der Waals surface area contributed by atoms with Gasteiger partial charge in [0.05, 0.1) is 12.7 Å². The van der Waals surface area contributed by atoms with Crippen LogP contribution in [0.5, 0.6) is 11.5 Å². The Balaban J connectivity index is 0.000000284. The van der Waals surface area contributed by atoms with Gasteiger partial charge in [0, 0.05) is 5.71 Å². The fourth-order valence-corrected chi connectivity index (χ4v) is 6.28. The Morgan fingerprint density at radius 3 is 2.28 bits per heavy atom. The Labute approximate surface area is 261 Å². The molecule has 1 saturated carbocycles. The molecule has 1 heterocycles. The molecule has 0 bridgehead atoms. The minimum atomic E-state index is -0.988. The van der Waals surface area contributed by atoms with Crippen LogP contribution in [0.25, 0.3) is 0 Å². The normalized spacial score (nSPS) is 14.8. The van der Waals surface area contributed by atoms with Crippen LogP contribution in [0.3, 0.4) is 0 Å². The number of aryl methyl sites for hydroxylation is 2. The third kappa shape index (κ3) is 9.83. The quantitative estimate of drug-likeness (QED) is 0.184. The first kappa shape index (κ1) is 35.3. The van der Waals surface area contributed by atoms with E-state index < -0.39 is 5.97 Å². The summed E-state index contributed by atoms with van der Waals surface area (Å²) in [6.45, 7) is 12.3. The van der Waals surface area contributed by atoms with Gasteiger partial charge in [0.25, 0.3) is 0 Å². The number of methoxy groups -OCH3 is 1. The molecule has 1 atom stereocenters. The van der Waals surface area contributed by atoms with Crippen LogP contribution in [0.1, 0.15) is 95.7 Å². The standard InChI is InChI=1S/C18H22O2.C16H21NO3S.C2H2/c1-4-5-15-7-9-16(10-8-15)13-20-17-11-6-14(2)12-18(17)19-3;1-8(2)11-6-5-7-12(11)17-15-13(10(4)18)9(3)14(21-15)16(19)20;1-2/h6-12H,4-5,13H2,1-3H3;8,11H,5-7H2,1-4H3,(H,19,20);1-2H/b;17-12+;. The van der Waals surface area contributed by atoms with Gasteiger partial charge in [-0.3, -0.25) is 4.79 Å². The van der Waals surface area contributed by atoms with Gasteiger partial charge in [-0.15, -0.1) is 24.2 Å². The lowest BCUT2D eigenvalue weighted by atomic mass is 9.93. The first-order chi connectivity index (χ1) is 20.5. The van der Waals surface area contributed by atoms with E-state index in [9.17, 15) is 14.7 Å². The predicted octanol–water partition coefficient (Wildman–Crippen LogP) is 9.27. The van der Waals surface area contributed by atoms with E-state index in [-0.39, 0.29) is 10.7 Å². The lowest BCUT2D eigenvalue weighted by Crippen LogP contribution is -2.13. The number of terminal acetylenes is 1. The van der Waals surface area contributed by atoms with Crippen molar-refractivity contribution >= 4 is 33.8 Å². The number of aliphatic imine (C=N–C) groups is 1. The minimum absolute atomic E-state index is 0.116. The fourth-order valence-electron chi connectivity index (χ4n) is 5.18. The number of benzene rings is 2. The van der Waals surface area contributed by atoms with Crippen LogP contribution >= 0.6 is 11.3 Å². The topological polar surface area (TPSA) is 85.2 Å². The first-order valence-corrected chi connectivity index (χ1v) is 15.5. The molecule has 0 radical (unpaired) electrons. The highest BCUT2D eigenvalue weighted by molar-refractivity contribution is 7.18. The Morgan fingerprint density at radius 1 is 1.07 bits per heavy atom. The number of rotatable bonds is 10. The van der Waals surface area contributed by atoms with Crippen LogP contribution in [-0.2, 0) is 13.0 Å². The number of carbonyl (C=O) groups is 2. The maximum absolute atomic E-state index is 11.9. The van der Waals surface area contributed by atoms with Crippen molar-refractivity contribution in [3.05, 3.63) is 75.2 Å². The Hall–Kier alpha value is -3.89. The van der Waals surface area contributed by atoms with Gasteiger partial charge in [-0.25, -0.2) is 9.79 Å². The second-order valence-corrected chi connectivity index (χ2v) is 12.0. The average Bonchev–Trinajstić information content (AvgIpc) is 3.59. The molecule has 6 nitrogen and oxygen atoms in total. The fraction of sp³-hybridized carbons (Fsp3) is 0.417. The van der Waals surface area contributed by atoms with E-state index in [2.05, 4.69) is 57.9 Å². The van der Waals surface area contributed by atoms with Gasteiger partial charge in [0.2, 0.25) is 0 Å². The Morgan fingerprint density at radius 2 is 1.72 bits per heavy atom. The zero-order valence-corrected chi connectivity index (χ0v) is 27.3. The molecular formula is C36H45NO5S. The monoisotopic (exact) mass is 603 g/mol. The molecular weight excluding hydrogens is 558 g/mol. The largest absolute Gasteiger partial charge is 0.493 e. The summed E-state index contributed by atoms with van der Waals surface area (Å²) in [5, 5.41) is 9.81. The molecule has 1 N–H and O–H groups in total. The van der Waals surface area contributed by atoms with Crippen LogP contribution in [-0.4, -0.2) is 29.7 Å². The molecule has 1 fully saturated rings. The van der Waals surface area contributed by atoms with E-state index in [1.807, 2.05) is 25.1 Å². The lowest BCUT2D eigenvalue weighted by Gasteiger charge is -2.14. The number of carboxylic acid groups (broad SMARTS) is 1. The summed E-state index contributed by atoms with van der Waals surface area (Å²) in [5.74, 6) is 1.43. The van der Waals surface area contributed by atoms with Crippen LogP contribution < -0.4 is 9.47 Å². The molecule has 1 unspecified atom stereocenters. The maximum Gasteiger partial charge on any atom is 0.346 e. The summed E-state index contributed by atoms with van der Waals surface area (Å²) >= 11 is 1.12. The highest BCUT2D eigenvalue weighted by Gasteiger charge is 2.28. The summed E-state index contributed by atoms with van der Waals surface area (Å²) in [4.78, 5) is 28.0. The molecule has 43 heavy (non-hydrogen) atoms. The number of hydrogen-bond donors (Lipinski definition) is 1. The van der Waals surface area contributed by atoms with Crippen LogP contribution in [0.15, 0.2) is 47.5 Å². The molecule has 7 heteroatoms. The number of Topliss-reactive ketones (excluding diaryl/α,β-unsaturated/α-hetero) is 1. The van der Waals surface area contributed by atoms with E-state index >= 15 is 0 Å². The van der Waals surface area contributed by atoms with Gasteiger partial charge >= 0.3 is 5.97 Å². The van der Waals surface area contributed by atoms with Crippen molar-refractivity contribution < 1.29 is 24.2 Å². The summed E-state index contributed by atoms with van der Waals surface area (Å²) in [7, 11) is 1.67. The van der Waals surface area contributed by atoms with Crippen LogP contribution in [0, 0.1) is 38.5 Å². The van der Waals surface area contributed by atoms with Crippen molar-refractivity contribution in [1.29, 1.82) is 0 Å². The first-order valence-electron chi connectivity index (χ1n) is 14.7. The Kier molecular flexibility index (Phi) is 14.2. The molecule has 0 saturated heterocycles. The van der Waals surface area contributed by atoms with Gasteiger partial charge in [0.15, 0.2) is 17.3 Å². The summed E-state index contributed by atoms with van der Waals surface area (Å²) < 4.78 is 11.2. The third-order valence-electron chi connectivity index (χ3n) is 7.38. The van der Waals surface area contributed by atoms with Gasteiger partial charge in [-0.05, 0) is 92.7 Å². The van der Waals surface area contributed by atoms with Crippen molar-refractivity contribution in [1.82, 2.24) is 0 Å². The molecule has 3 aromatic rings. The van der Waals surface area contributed by atoms with E-state index in [0.29, 0.717) is 34.6 Å². The SMILES string of the molecule is C#C.CC(=O)c1c(/N=C2\CCCC2C(C)C)sc(C(=O)O)c1C.CCCc1ccc(COc2ccc(C)cc2OC)cc1. The smallest absolute Gasteiger partial charge is 0.346 e. The Bertz CT molecular complexity index is 1420. The van der Waals surface area contributed by atoms with Gasteiger partial charge in [-0.1, -0.05) is 57.5 Å². The number of carboxylic acids is 1. The molecule has 1 aliphatic rings. The molecule has 230 valence electrons. The van der Waals surface area contributed by atoms with Gasteiger partial charge in [0.1, 0.15) is 16.5 Å². The second-order valence-electron chi connectivity index (χ2n) is 11.0. The third-order valence-corrected chi connectivity index (χ3v) is 8.55. The molecule has 4 rings (SSSR count). The molecule has 2 aromatic carbocycles. The van der Waals surface area contributed by atoms with E-state index in [1.165, 1.54) is 24.5 Å². The zero-order chi connectivity index (χ0) is 32.1. The van der Waals surface area contributed by atoms with Crippen LogP contribution in [0.2, 0.25) is 0 Å². The van der Waals surface area contributed by atoms with Crippen LogP contribution in [0.4, 0.5) is 5.00 Å². The van der Waals surface area contributed by atoms with Crippen molar-refractivity contribution in [3.63, 3.8) is 0 Å². The number of ketones is 1. The summed E-state index contributed by atoms with van der Waals surface area (Å²) in [5.41, 5.74) is 5.85. The molecule has 1 aromatic heterocycles. The van der Waals surface area contributed by atoms with Crippen molar-refractivity contribution in [2.45, 2.75) is 80.3 Å². The number of nitrogens with zero attached hydrogens (tertiary/aromatic N) is 1. The number of aromatic carboxylic acids is 1. The molecule has 1 aliphatic carbocycles.